The Bertz CT molecular complexity index is 359. The molecule has 1 aromatic carbocycles. The lowest BCUT2D eigenvalue weighted by molar-refractivity contribution is -0.138. The zero-order valence-corrected chi connectivity index (χ0v) is 11.4. The van der Waals surface area contributed by atoms with E-state index in [0.29, 0.717) is 6.42 Å². The van der Waals surface area contributed by atoms with E-state index < -0.39 is 12.0 Å². The Morgan fingerprint density at radius 3 is 2.47 bits per heavy atom. The average molecular weight is 281 g/mol. The number of anilines is 1. The Labute approximate surface area is 114 Å². The largest absolute Gasteiger partial charge is 0.480 e. The molecule has 6 heteroatoms. The van der Waals surface area contributed by atoms with Crippen molar-refractivity contribution in [2.75, 3.05) is 19.0 Å². The van der Waals surface area contributed by atoms with Gasteiger partial charge in [0.15, 0.2) is 0 Å². The summed E-state index contributed by atoms with van der Waals surface area (Å²) in [4.78, 5) is 12.6. The molecule has 0 saturated heterocycles. The zero-order chi connectivity index (χ0) is 11.4. The molecule has 0 aliphatic rings. The zero-order valence-electron chi connectivity index (χ0n) is 9.79. The van der Waals surface area contributed by atoms with Crippen LogP contribution >= 0.6 is 24.8 Å². The summed E-state index contributed by atoms with van der Waals surface area (Å²) in [6, 6.07) is 6.87. The summed E-state index contributed by atoms with van der Waals surface area (Å²) in [7, 11) is 3.88. The van der Waals surface area contributed by atoms with Crippen LogP contribution < -0.4 is 10.6 Å². The predicted molar refractivity (Wildman–Crippen MR) is 74.6 cm³/mol. The van der Waals surface area contributed by atoms with Crippen molar-refractivity contribution in [3.8, 4) is 0 Å². The van der Waals surface area contributed by atoms with Gasteiger partial charge in [-0.2, -0.15) is 0 Å². The third-order valence-corrected chi connectivity index (χ3v) is 2.20. The first kappa shape index (κ1) is 18.4. The topological polar surface area (TPSA) is 66.6 Å². The maximum absolute atomic E-state index is 10.6. The lowest BCUT2D eigenvalue weighted by Gasteiger charge is -2.14. The van der Waals surface area contributed by atoms with Crippen LogP contribution in [0, 0.1) is 0 Å². The van der Waals surface area contributed by atoms with E-state index in [9.17, 15) is 4.79 Å². The lowest BCUT2D eigenvalue weighted by Crippen LogP contribution is -2.32. The number of carboxylic acids is 1. The van der Waals surface area contributed by atoms with Crippen LogP contribution in [0.2, 0.25) is 0 Å². The third kappa shape index (κ3) is 5.77. The number of nitrogens with zero attached hydrogens (tertiary/aromatic N) is 1. The Morgan fingerprint density at radius 1 is 1.41 bits per heavy atom. The van der Waals surface area contributed by atoms with E-state index in [4.69, 9.17) is 10.8 Å². The number of hydrogen-bond donors (Lipinski definition) is 2. The Hall–Kier alpha value is -0.970. The summed E-state index contributed by atoms with van der Waals surface area (Å²) >= 11 is 0. The molecule has 0 aliphatic heterocycles. The van der Waals surface area contributed by atoms with Crippen molar-refractivity contribution >= 4 is 36.5 Å². The second-order valence-corrected chi connectivity index (χ2v) is 3.71. The van der Waals surface area contributed by atoms with Crippen molar-refractivity contribution in [1.29, 1.82) is 0 Å². The smallest absolute Gasteiger partial charge is 0.320 e. The van der Waals surface area contributed by atoms with Crippen molar-refractivity contribution in [2.45, 2.75) is 12.5 Å². The quantitative estimate of drug-likeness (QED) is 0.878. The van der Waals surface area contributed by atoms with Crippen LogP contribution in [0.15, 0.2) is 24.3 Å². The van der Waals surface area contributed by atoms with Crippen LogP contribution in [0.3, 0.4) is 0 Å². The van der Waals surface area contributed by atoms with Crippen LogP contribution in [-0.2, 0) is 11.2 Å². The third-order valence-electron chi connectivity index (χ3n) is 2.20. The number of carbonyl (C=O) groups is 1. The fourth-order valence-electron chi connectivity index (χ4n) is 1.30. The minimum Gasteiger partial charge on any atom is -0.480 e. The van der Waals surface area contributed by atoms with Crippen LogP contribution in [0.25, 0.3) is 0 Å². The molecule has 0 saturated carbocycles. The number of aliphatic carboxylic acids is 1. The maximum atomic E-state index is 10.6. The first-order chi connectivity index (χ1) is 7.00. The van der Waals surface area contributed by atoms with Crippen LogP contribution in [0.5, 0.6) is 0 Å². The van der Waals surface area contributed by atoms with Gasteiger partial charge in [-0.15, -0.1) is 24.8 Å². The Kier molecular flexibility index (Phi) is 8.84. The molecule has 0 aliphatic carbocycles. The van der Waals surface area contributed by atoms with E-state index in [1.54, 1.807) is 0 Å². The molecule has 1 aromatic rings. The van der Waals surface area contributed by atoms with Crippen LogP contribution in [0.4, 0.5) is 5.69 Å². The summed E-state index contributed by atoms with van der Waals surface area (Å²) in [6.45, 7) is 0. The van der Waals surface area contributed by atoms with Crippen molar-refractivity contribution < 1.29 is 9.90 Å². The molecule has 0 fully saturated rings. The highest BCUT2D eigenvalue weighted by Gasteiger charge is 2.12. The minimum absolute atomic E-state index is 0. The second kappa shape index (κ2) is 8.17. The first-order valence-corrected chi connectivity index (χ1v) is 4.75. The second-order valence-electron chi connectivity index (χ2n) is 3.71. The molecule has 0 heterocycles. The monoisotopic (exact) mass is 280 g/mol. The summed E-state index contributed by atoms with van der Waals surface area (Å²) in [5.41, 5.74) is 7.45. The molecular formula is C11H18Cl2N2O2. The van der Waals surface area contributed by atoms with Gasteiger partial charge in [0.25, 0.3) is 0 Å². The summed E-state index contributed by atoms with van der Waals surface area (Å²) in [6.07, 6.45) is 0.358. The SMILES string of the molecule is CN(C)c1cccc(C[C@@H](N)C(=O)O)c1.Cl.Cl. The van der Waals surface area contributed by atoms with Crippen molar-refractivity contribution in [3.63, 3.8) is 0 Å². The molecule has 1 rings (SSSR count). The molecule has 3 N–H and O–H groups in total. The molecule has 4 nitrogen and oxygen atoms in total. The molecule has 1 atom stereocenters. The fraction of sp³-hybridized carbons (Fsp3) is 0.364. The van der Waals surface area contributed by atoms with Gasteiger partial charge >= 0.3 is 5.97 Å². The lowest BCUT2D eigenvalue weighted by atomic mass is 10.1. The van der Waals surface area contributed by atoms with E-state index in [1.807, 2.05) is 43.3 Å². The molecule has 0 spiro atoms. The summed E-state index contributed by atoms with van der Waals surface area (Å²) in [5, 5.41) is 8.69. The maximum Gasteiger partial charge on any atom is 0.320 e. The average Bonchev–Trinajstić information content (AvgIpc) is 2.18. The van der Waals surface area contributed by atoms with Gasteiger partial charge in [-0.3, -0.25) is 4.79 Å². The molecule has 0 amide bonds. The van der Waals surface area contributed by atoms with Gasteiger partial charge in [0.05, 0.1) is 0 Å². The fourth-order valence-corrected chi connectivity index (χ4v) is 1.30. The number of nitrogens with two attached hydrogens (primary N) is 1. The number of benzene rings is 1. The van der Waals surface area contributed by atoms with Gasteiger partial charge in [-0.25, -0.2) is 0 Å². The van der Waals surface area contributed by atoms with E-state index in [0.717, 1.165) is 11.3 Å². The highest BCUT2D eigenvalue weighted by atomic mass is 35.5. The van der Waals surface area contributed by atoms with Gasteiger partial charge < -0.3 is 15.7 Å². The van der Waals surface area contributed by atoms with Gasteiger partial charge in [0, 0.05) is 19.8 Å². The highest BCUT2D eigenvalue weighted by Crippen LogP contribution is 2.14. The van der Waals surface area contributed by atoms with Crippen LogP contribution in [-0.4, -0.2) is 31.2 Å². The minimum atomic E-state index is -0.967. The number of halogens is 2. The molecule has 98 valence electrons. The van der Waals surface area contributed by atoms with E-state index in [1.165, 1.54) is 0 Å². The highest BCUT2D eigenvalue weighted by molar-refractivity contribution is 5.85. The van der Waals surface area contributed by atoms with E-state index >= 15 is 0 Å². The van der Waals surface area contributed by atoms with Gasteiger partial charge in [-0.05, 0) is 24.1 Å². The first-order valence-electron chi connectivity index (χ1n) is 4.75. The standard InChI is InChI=1S/C11H16N2O2.2ClH/c1-13(2)9-5-3-4-8(6-9)7-10(12)11(14)15;;/h3-6,10H,7,12H2,1-2H3,(H,14,15);2*1H/t10-;;/m1../s1. The summed E-state index contributed by atoms with van der Waals surface area (Å²) in [5.74, 6) is -0.967. The Morgan fingerprint density at radius 2 is 2.00 bits per heavy atom. The number of rotatable bonds is 4. The molecule has 0 unspecified atom stereocenters. The van der Waals surface area contributed by atoms with Gasteiger partial charge in [0.1, 0.15) is 6.04 Å². The van der Waals surface area contributed by atoms with E-state index in [-0.39, 0.29) is 24.8 Å². The molecule has 0 aromatic heterocycles. The normalized spacial score (nSPS) is 10.8. The van der Waals surface area contributed by atoms with Gasteiger partial charge in [0.2, 0.25) is 0 Å². The van der Waals surface area contributed by atoms with Crippen molar-refractivity contribution in [1.82, 2.24) is 0 Å². The van der Waals surface area contributed by atoms with Crippen molar-refractivity contribution in [2.24, 2.45) is 5.73 Å². The molecule has 0 radical (unpaired) electrons. The van der Waals surface area contributed by atoms with Gasteiger partial charge in [-0.1, -0.05) is 12.1 Å². The molecular weight excluding hydrogens is 263 g/mol. The molecule has 17 heavy (non-hydrogen) atoms. The number of hydrogen-bond acceptors (Lipinski definition) is 3. The van der Waals surface area contributed by atoms with E-state index in [2.05, 4.69) is 0 Å². The molecule has 0 bridgehead atoms. The predicted octanol–water partition coefficient (Wildman–Crippen LogP) is 1.55. The van der Waals surface area contributed by atoms with Crippen LogP contribution in [0.1, 0.15) is 5.56 Å². The van der Waals surface area contributed by atoms with Crippen molar-refractivity contribution in [3.05, 3.63) is 29.8 Å². The Balaban J connectivity index is 0. The summed E-state index contributed by atoms with van der Waals surface area (Å²) < 4.78 is 0. The number of carboxylic acid groups (broad SMARTS) is 1.